The topological polar surface area (TPSA) is 61.9 Å². The Kier molecular flexibility index (Phi) is 6.41. The molecule has 1 N–H and O–H groups in total. The van der Waals surface area contributed by atoms with E-state index in [4.69, 9.17) is 16.3 Å². The van der Waals surface area contributed by atoms with Crippen LogP contribution in [0.4, 0.5) is 5.69 Å². The quantitative estimate of drug-likeness (QED) is 0.698. The first kappa shape index (κ1) is 21.6. The van der Waals surface area contributed by atoms with E-state index in [0.717, 1.165) is 29.8 Å². The van der Waals surface area contributed by atoms with Crippen molar-refractivity contribution in [2.45, 2.75) is 13.8 Å². The third-order valence-corrected chi connectivity index (χ3v) is 6.10. The Balaban J connectivity index is 1.63. The molecule has 0 unspecified atom stereocenters. The summed E-state index contributed by atoms with van der Waals surface area (Å²) in [5.41, 5.74) is 4.11. The van der Waals surface area contributed by atoms with Crippen molar-refractivity contribution in [1.29, 1.82) is 0 Å². The zero-order chi connectivity index (χ0) is 22.0. The van der Waals surface area contributed by atoms with Gasteiger partial charge in [-0.05, 0) is 37.1 Å². The molecule has 0 aromatic heterocycles. The van der Waals surface area contributed by atoms with Crippen LogP contribution in [-0.2, 0) is 14.3 Å². The molecule has 31 heavy (non-hydrogen) atoms. The summed E-state index contributed by atoms with van der Waals surface area (Å²) in [5.74, 6) is -0.589. The molecule has 0 radical (unpaired) electrons. The van der Waals surface area contributed by atoms with Gasteiger partial charge in [0.2, 0.25) is 0 Å². The van der Waals surface area contributed by atoms with Crippen molar-refractivity contribution in [3.8, 4) is 0 Å². The third kappa shape index (κ3) is 4.66. The van der Waals surface area contributed by atoms with Gasteiger partial charge in [-0.15, -0.1) is 0 Å². The van der Waals surface area contributed by atoms with E-state index in [1.807, 2.05) is 50.2 Å². The molecule has 6 nitrogen and oxygen atoms in total. The minimum Gasteiger partial charge on any atom is -0.379 e. The zero-order valence-corrected chi connectivity index (χ0v) is 18.5. The van der Waals surface area contributed by atoms with Gasteiger partial charge >= 0.3 is 0 Å². The van der Waals surface area contributed by atoms with Crippen LogP contribution < -0.4 is 5.32 Å². The predicted molar refractivity (Wildman–Crippen MR) is 122 cm³/mol. The van der Waals surface area contributed by atoms with E-state index in [1.165, 1.54) is 4.90 Å². The Morgan fingerprint density at radius 2 is 1.68 bits per heavy atom. The van der Waals surface area contributed by atoms with E-state index >= 15 is 0 Å². The van der Waals surface area contributed by atoms with Crippen molar-refractivity contribution in [3.05, 3.63) is 69.9 Å². The average molecular weight is 440 g/mol. The fraction of sp³-hybridized carbons (Fsp3) is 0.333. The Labute approximate surface area is 187 Å². The van der Waals surface area contributed by atoms with Gasteiger partial charge < -0.3 is 10.1 Å². The first-order chi connectivity index (χ1) is 14.9. The first-order valence-electron chi connectivity index (χ1n) is 10.4. The van der Waals surface area contributed by atoms with Crippen molar-refractivity contribution >= 4 is 34.7 Å². The molecule has 7 heteroatoms. The highest BCUT2D eigenvalue weighted by atomic mass is 35.5. The summed E-state index contributed by atoms with van der Waals surface area (Å²) in [6.45, 7) is 7.84. The Bertz CT molecular complexity index is 1030. The van der Waals surface area contributed by atoms with Crippen molar-refractivity contribution in [2.24, 2.45) is 0 Å². The highest BCUT2D eigenvalue weighted by Crippen LogP contribution is 2.31. The van der Waals surface area contributed by atoms with E-state index in [2.05, 4.69) is 10.2 Å². The van der Waals surface area contributed by atoms with Crippen LogP contribution in [0.5, 0.6) is 0 Å². The van der Waals surface area contributed by atoms with E-state index < -0.39 is 0 Å². The number of carbonyl (C=O) groups is 2. The number of nitrogens with one attached hydrogen (secondary N) is 1. The van der Waals surface area contributed by atoms with Crippen LogP contribution in [0.1, 0.15) is 16.7 Å². The average Bonchev–Trinajstić information content (AvgIpc) is 3.00. The molecule has 2 aromatic rings. The smallest absolute Gasteiger partial charge is 0.278 e. The Hall–Kier alpha value is -2.67. The molecule has 0 aliphatic carbocycles. The van der Waals surface area contributed by atoms with E-state index in [0.29, 0.717) is 42.6 Å². The minimum absolute atomic E-state index is 0.275. The SMILES string of the molecule is Cc1ccc(C2=C(Nc3ccc(C)c(Cl)c3)C(=O)N(CCN3CCOCC3)C2=O)cc1. The Morgan fingerprint density at radius 1 is 0.968 bits per heavy atom. The van der Waals surface area contributed by atoms with E-state index in [9.17, 15) is 9.59 Å². The maximum Gasteiger partial charge on any atom is 0.278 e. The number of ether oxygens (including phenoxy) is 1. The van der Waals surface area contributed by atoms with Crippen LogP contribution in [0, 0.1) is 13.8 Å². The van der Waals surface area contributed by atoms with Gasteiger partial charge in [0.15, 0.2) is 0 Å². The number of amides is 2. The molecule has 2 aliphatic heterocycles. The fourth-order valence-corrected chi connectivity index (χ4v) is 3.94. The summed E-state index contributed by atoms with van der Waals surface area (Å²) >= 11 is 6.27. The number of aryl methyl sites for hydroxylation is 2. The molecule has 2 aliphatic rings. The second-order valence-electron chi connectivity index (χ2n) is 7.92. The van der Waals surface area contributed by atoms with Gasteiger partial charge in [-0.3, -0.25) is 19.4 Å². The van der Waals surface area contributed by atoms with Crippen LogP contribution in [0.2, 0.25) is 5.02 Å². The molecule has 1 fully saturated rings. The van der Waals surface area contributed by atoms with Crippen molar-refractivity contribution in [2.75, 3.05) is 44.7 Å². The first-order valence-corrected chi connectivity index (χ1v) is 10.8. The van der Waals surface area contributed by atoms with Crippen molar-refractivity contribution in [3.63, 3.8) is 0 Å². The number of carbonyl (C=O) groups excluding carboxylic acids is 2. The largest absolute Gasteiger partial charge is 0.379 e. The molecule has 2 aromatic carbocycles. The monoisotopic (exact) mass is 439 g/mol. The van der Waals surface area contributed by atoms with Gasteiger partial charge in [0, 0.05) is 36.9 Å². The van der Waals surface area contributed by atoms with Crippen LogP contribution in [-0.4, -0.2) is 61.0 Å². The number of anilines is 1. The molecule has 4 rings (SSSR count). The molecule has 2 amide bonds. The third-order valence-electron chi connectivity index (χ3n) is 5.69. The summed E-state index contributed by atoms with van der Waals surface area (Å²) in [5, 5.41) is 3.77. The highest BCUT2D eigenvalue weighted by Gasteiger charge is 2.39. The lowest BCUT2D eigenvalue weighted by atomic mass is 10.0. The lowest BCUT2D eigenvalue weighted by molar-refractivity contribution is -0.137. The minimum atomic E-state index is -0.314. The van der Waals surface area contributed by atoms with E-state index in [-0.39, 0.29) is 17.5 Å². The number of hydrogen-bond acceptors (Lipinski definition) is 5. The van der Waals surface area contributed by atoms with Gasteiger partial charge in [-0.1, -0.05) is 47.5 Å². The normalized spacial score (nSPS) is 17.6. The van der Waals surface area contributed by atoms with Gasteiger partial charge in [0.1, 0.15) is 5.70 Å². The van der Waals surface area contributed by atoms with Gasteiger partial charge in [-0.25, -0.2) is 0 Å². The molecule has 2 heterocycles. The zero-order valence-electron chi connectivity index (χ0n) is 17.8. The van der Waals surface area contributed by atoms with Gasteiger partial charge in [-0.2, -0.15) is 0 Å². The van der Waals surface area contributed by atoms with Gasteiger partial charge in [0.05, 0.1) is 18.8 Å². The molecular formula is C24H26ClN3O3. The summed E-state index contributed by atoms with van der Waals surface area (Å²) < 4.78 is 5.38. The van der Waals surface area contributed by atoms with Crippen LogP contribution in [0.25, 0.3) is 5.57 Å². The number of hydrogen-bond donors (Lipinski definition) is 1. The summed E-state index contributed by atoms with van der Waals surface area (Å²) in [4.78, 5) is 30.2. The molecule has 0 atom stereocenters. The lowest BCUT2D eigenvalue weighted by Gasteiger charge is -2.28. The number of rotatable bonds is 6. The van der Waals surface area contributed by atoms with Gasteiger partial charge in [0.25, 0.3) is 11.8 Å². The maximum atomic E-state index is 13.3. The maximum absolute atomic E-state index is 13.3. The molecule has 1 saturated heterocycles. The fourth-order valence-electron chi connectivity index (χ4n) is 3.76. The van der Waals surface area contributed by atoms with Crippen LogP contribution in [0.3, 0.4) is 0 Å². The van der Waals surface area contributed by atoms with Crippen molar-refractivity contribution in [1.82, 2.24) is 9.80 Å². The summed E-state index contributed by atoms with van der Waals surface area (Å²) in [6, 6.07) is 13.2. The second-order valence-corrected chi connectivity index (χ2v) is 8.33. The molecule has 0 spiro atoms. The van der Waals surface area contributed by atoms with E-state index in [1.54, 1.807) is 6.07 Å². The molecule has 0 saturated carbocycles. The summed E-state index contributed by atoms with van der Waals surface area (Å²) in [6.07, 6.45) is 0. The summed E-state index contributed by atoms with van der Waals surface area (Å²) in [7, 11) is 0. The number of benzene rings is 2. The number of morpholine rings is 1. The molecule has 162 valence electrons. The number of halogens is 1. The molecular weight excluding hydrogens is 414 g/mol. The Morgan fingerprint density at radius 3 is 2.35 bits per heavy atom. The van der Waals surface area contributed by atoms with Crippen molar-refractivity contribution < 1.29 is 14.3 Å². The number of imide groups is 1. The standard InChI is InChI=1S/C24H26ClN3O3/c1-16-3-6-18(7-4-16)21-22(26-19-8-5-17(2)20(25)15-19)24(30)28(23(21)29)10-9-27-11-13-31-14-12-27/h3-8,15,26H,9-14H2,1-2H3. The van der Waals surface area contributed by atoms with Crippen LogP contribution >= 0.6 is 11.6 Å². The second kappa shape index (κ2) is 9.22. The number of nitrogens with zero attached hydrogens (tertiary/aromatic N) is 2. The van der Waals surface area contributed by atoms with Crippen LogP contribution in [0.15, 0.2) is 48.2 Å². The predicted octanol–water partition coefficient (Wildman–Crippen LogP) is 3.48. The molecule has 0 bridgehead atoms. The highest BCUT2D eigenvalue weighted by molar-refractivity contribution is 6.36. The lowest BCUT2D eigenvalue weighted by Crippen LogP contribution is -2.43.